The van der Waals surface area contributed by atoms with E-state index in [1.165, 1.54) is 0 Å². The average Bonchev–Trinajstić information content (AvgIpc) is 2.64. The van der Waals surface area contributed by atoms with Crippen molar-refractivity contribution in [2.45, 2.75) is 6.92 Å². The highest BCUT2D eigenvalue weighted by atomic mass is 79.9. The molecular weight excluding hydrogens is 282 g/mol. The van der Waals surface area contributed by atoms with Gasteiger partial charge in [-0.2, -0.15) is 0 Å². The predicted octanol–water partition coefficient (Wildman–Crippen LogP) is 3.46. The SMILES string of the molecule is Cc1cc(-c2ccc(C(=O)O)n2C)ccc1Br. The zero-order valence-electron chi connectivity index (χ0n) is 9.57. The van der Waals surface area contributed by atoms with Crippen molar-refractivity contribution in [2.24, 2.45) is 7.05 Å². The van der Waals surface area contributed by atoms with Crippen LogP contribution in [0.25, 0.3) is 11.3 Å². The van der Waals surface area contributed by atoms with E-state index in [-0.39, 0.29) is 0 Å². The first kappa shape index (κ1) is 11.9. The normalized spacial score (nSPS) is 10.5. The molecule has 1 heterocycles. The third-order valence-electron chi connectivity index (χ3n) is 2.79. The zero-order chi connectivity index (χ0) is 12.6. The molecule has 2 aromatic rings. The van der Waals surface area contributed by atoms with Gasteiger partial charge in [-0.3, -0.25) is 0 Å². The van der Waals surface area contributed by atoms with Crippen molar-refractivity contribution in [3.63, 3.8) is 0 Å². The maximum Gasteiger partial charge on any atom is 0.352 e. The largest absolute Gasteiger partial charge is 0.477 e. The molecule has 0 aliphatic carbocycles. The minimum Gasteiger partial charge on any atom is -0.477 e. The fourth-order valence-corrected chi connectivity index (χ4v) is 2.07. The summed E-state index contributed by atoms with van der Waals surface area (Å²) in [6, 6.07) is 9.42. The van der Waals surface area contributed by atoms with Crippen LogP contribution in [0.5, 0.6) is 0 Å². The van der Waals surface area contributed by atoms with Crippen LogP contribution in [0.4, 0.5) is 0 Å². The molecular formula is C13H12BrNO2. The van der Waals surface area contributed by atoms with Gasteiger partial charge in [0.2, 0.25) is 0 Å². The second-order valence-electron chi connectivity index (χ2n) is 3.93. The lowest BCUT2D eigenvalue weighted by Gasteiger charge is -2.07. The van der Waals surface area contributed by atoms with E-state index in [2.05, 4.69) is 15.9 Å². The quantitative estimate of drug-likeness (QED) is 0.921. The summed E-state index contributed by atoms with van der Waals surface area (Å²) in [6.07, 6.45) is 0. The van der Waals surface area contributed by atoms with Crippen LogP contribution in [-0.2, 0) is 7.05 Å². The Bertz CT molecular complexity index is 587. The lowest BCUT2D eigenvalue weighted by Crippen LogP contribution is -2.05. The molecule has 0 unspecified atom stereocenters. The summed E-state index contributed by atoms with van der Waals surface area (Å²) in [5.74, 6) is -0.910. The number of halogens is 1. The van der Waals surface area contributed by atoms with Gasteiger partial charge in [0.1, 0.15) is 5.69 Å². The number of hydrogen-bond donors (Lipinski definition) is 1. The molecule has 1 aromatic carbocycles. The first-order valence-electron chi connectivity index (χ1n) is 5.16. The average molecular weight is 294 g/mol. The second-order valence-corrected chi connectivity index (χ2v) is 4.79. The summed E-state index contributed by atoms with van der Waals surface area (Å²) in [5.41, 5.74) is 3.33. The van der Waals surface area contributed by atoms with E-state index >= 15 is 0 Å². The fraction of sp³-hybridized carbons (Fsp3) is 0.154. The predicted molar refractivity (Wildman–Crippen MR) is 70.2 cm³/mol. The lowest BCUT2D eigenvalue weighted by atomic mass is 10.1. The zero-order valence-corrected chi connectivity index (χ0v) is 11.2. The summed E-state index contributed by atoms with van der Waals surface area (Å²) in [7, 11) is 1.76. The summed E-state index contributed by atoms with van der Waals surface area (Å²) in [4.78, 5) is 11.0. The lowest BCUT2D eigenvalue weighted by molar-refractivity contribution is 0.0687. The summed E-state index contributed by atoms with van der Waals surface area (Å²) < 4.78 is 2.74. The van der Waals surface area contributed by atoms with Crippen molar-refractivity contribution < 1.29 is 9.90 Å². The fourth-order valence-electron chi connectivity index (χ4n) is 1.82. The van der Waals surface area contributed by atoms with Gasteiger partial charge in [-0.1, -0.05) is 22.0 Å². The number of hydrogen-bond acceptors (Lipinski definition) is 1. The van der Waals surface area contributed by atoms with Crippen molar-refractivity contribution in [2.75, 3.05) is 0 Å². The van der Waals surface area contributed by atoms with Crippen LogP contribution in [0.2, 0.25) is 0 Å². The van der Waals surface area contributed by atoms with Gasteiger partial charge in [0.25, 0.3) is 0 Å². The van der Waals surface area contributed by atoms with E-state index in [0.717, 1.165) is 21.3 Å². The highest BCUT2D eigenvalue weighted by Gasteiger charge is 2.12. The molecule has 88 valence electrons. The van der Waals surface area contributed by atoms with Gasteiger partial charge >= 0.3 is 5.97 Å². The molecule has 0 aliphatic heterocycles. The molecule has 0 amide bonds. The standard InChI is InChI=1S/C13H12BrNO2/c1-8-7-9(3-4-10(8)14)11-5-6-12(13(16)17)15(11)2/h3-7H,1-2H3,(H,16,17). The maximum absolute atomic E-state index is 11.0. The first-order valence-corrected chi connectivity index (χ1v) is 5.95. The molecule has 0 bridgehead atoms. The van der Waals surface area contributed by atoms with E-state index < -0.39 is 5.97 Å². The Balaban J connectivity index is 2.53. The molecule has 0 spiro atoms. The van der Waals surface area contributed by atoms with Gasteiger partial charge in [0, 0.05) is 17.2 Å². The van der Waals surface area contributed by atoms with Crippen LogP contribution in [0, 0.1) is 6.92 Å². The first-order chi connectivity index (χ1) is 8.00. The molecule has 0 atom stereocenters. The van der Waals surface area contributed by atoms with E-state index in [1.807, 2.05) is 31.2 Å². The molecule has 1 N–H and O–H groups in total. The summed E-state index contributed by atoms with van der Waals surface area (Å²) in [6.45, 7) is 2.01. The van der Waals surface area contributed by atoms with E-state index in [9.17, 15) is 4.79 Å². The molecule has 2 rings (SSSR count). The third-order valence-corrected chi connectivity index (χ3v) is 3.68. The van der Waals surface area contributed by atoms with E-state index in [1.54, 1.807) is 17.7 Å². The highest BCUT2D eigenvalue weighted by molar-refractivity contribution is 9.10. The van der Waals surface area contributed by atoms with Crippen molar-refractivity contribution in [3.05, 3.63) is 46.1 Å². The van der Waals surface area contributed by atoms with Crippen molar-refractivity contribution in [1.82, 2.24) is 4.57 Å². The van der Waals surface area contributed by atoms with Gasteiger partial charge < -0.3 is 9.67 Å². The van der Waals surface area contributed by atoms with Crippen LogP contribution in [0.1, 0.15) is 16.1 Å². The highest BCUT2D eigenvalue weighted by Crippen LogP contribution is 2.26. The Morgan fingerprint density at radius 2 is 2.00 bits per heavy atom. The van der Waals surface area contributed by atoms with Crippen LogP contribution >= 0.6 is 15.9 Å². The number of carbonyl (C=O) groups is 1. The molecule has 17 heavy (non-hydrogen) atoms. The summed E-state index contributed by atoms with van der Waals surface area (Å²) in [5, 5.41) is 9.00. The topological polar surface area (TPSA) is 42.2 Å². The molecule has 1 aromatic heterocycles. The van der Waals surface area contributed by atoms with Crippen LogP contribution in [0.3, 0.4) is 0 Å². The molecule has 0 saturated heterocycles. The minimum atomic E-state index is -0.910. The second kappa shape index (κ2) is 4.37. The third kappa shape index (κ3) is 2.13. The van der Waals surface area contributed by atoms with E-state index in [4.69, 9.17) is 5.11 Å². The monoisotopic (exact) mass is 293 g/mol. The van der Waals surface area contributed by atoms with E-state index in [0.29, 0.717) is 5.69 Å². The Hall–Kier alpha value is -1.55. The van der Waals surface area contributed by atoms with Gasteiger partial charge in [-0.05, 0) is 42.3 Å². The molecule has 4 heteroatoms. The number of rotatable bonds is 2. The Morgan fingerprint density at radius 1 is 1.29 bits per heavy atom. The Morgan fingerprint density at radius 3 is 2.53 bits per heavy atom. The number of nitrogens with zero attached hydrogens (tertiary/aromatic N) is 1. The number of carboxylic acids is 1. The van der Waals surface area contributed by atoms with Crippen molar-refractivity contribution in [3.8, 4) is 11.3 Å². The molecule has 0 aliphatic rings. The summed E-state index contributed by atoms with van der Waals surface area (Å²) >= 11 is 3.45. The van der Waals surface area contributed by atoms with Crippen molar-refractivity contribution in [1.29, 1.82) is 0 Å². The van der Waals surface area contributed by atoms with Crippen LogP contribution in [-0.4, -0.2) is 15.6 Å². The number of aromatic nitrogens is 1. The molecule has 0 saturated carbocycles. The molecule has 0 fully saturated rings. The van der Waals surface area contributed by atoms with Gasteiger partial charge in [0.05, 0.1) is 0 Å². The van der Waals surface area contributed by atoms with Gasteiger partial charge in [-0.25, -0.2) is 4.79 Å². The molecule has 3 nitrogen and oxygen atoms in total. The van der Waals surface area contributed by atoms with Crippen LogP contribution < -0.4 is 0 Å². The van der Waals surface area contributed by atoms with Gasteiger partial charge in [0.15, 0.2) is 0 Å². The maximum atomic E-state index is 11.0. The number of benzene rings is 1. The number of carboxylic acid groups (broad SMARTS) is 1. The Labute approximate surface area is 108 Å². The number of aromatic carboxylic acids is 1. The number of aryl methyl sites for hydroxylation is 1. The van der Waals surface area contributed by atoms with Crippen LogP contribution in [0.15, 0.2) is 34.8 Å². The Kier molecular flexibility index (Phi) is 3.07. The van der Waals surface area contributed by atoms with Gasteiger partial charge in [-0.15, -0.1) is 0 Å². The molecule has 0 radical (unpaired) electrons. The minimum absolute atomic E-state index is 0.292. The smallest absolute Gasteiger partial charge is 0.352 e. The van der Waals surface area contributed by atoms with Crippen molar-refractivity contribution >= 4 is 21.9 Å².